The highest BCUT2D eigenvalue weighted by Gasteiger charge is 2.04. The van der Waals surface area contributed by atoms with Crippen LogP contribution in [0.1, 0.15) is 30.5 Å². The van der Waals surface area contributed by atoms with Gasteiger partial charge in [0.25, 0.3) is 0 Å². The van der Waals surface area contributed by atoms with Crippen LogP contribution in [-0.2, 0) is 18.1 Å². The monoisotopic (exact) mass is 244 g/mol. The van der Waals surface area contributed by atoms with Crippen molar-refractivity contribution in [3.8, 4) is 0 Å². The van der Waals surface area contributed by atoms with Gasteiger partial charge in [0.1, 0.15) is 6.73 Å². The molecular weight excluding hydrogens is 224 g/mol. The predicted molar refractivity (Wildman–Crippen MR) is 72.9 cm³/mol. The fraction of sp³-hybridized carbons (Fsp3) is 0.333. The van der Waals surface area contributed by atoms with E-state index < -0.39 is 0 Å². The van der Waals surface area contributed by atoms with E-state index in [1.165, 1.54) is 11.1 Å². The zero-order chi connectivity index (χ0) is 12.8. The first-order chi connectivity index (χ1) is 8.79. The van der Waals surface area contributed by atoms with Gasteiger partial charge in [0.05, 0.1) is 6.61 Å². The minimum atomic E-state index is 0.125. The number of rotatable bonds is 6. The van der Waals surface area contributed by atoms with Crippen LogP contribution in [0.5, 0.6) is 0 Å². The van der Waals surface area contributed by atoms with Crippen LogP contribution >= 0.6 is 0 Å². The van der Waals surface area contributed by atoms with Crippen molar-refractivity contribution in [1.29, 1.82) is 0 Å². The van der Waals surface area contributed by atoms with Gasteiger partial charge in [-0.05, 0) is 23.6 Å². The van der Waals surface area contributed by atoms with Gasteiger partial charge < -0.3 is 15.0 Å². The summed E-state index contributed by atoms with van der Waals surface area (Å²) in [6.45, 7) is 3.29. The second kappa shape index (κ2) is 6.38. The van der Waals surface area contributed by atoms with Gasteiger partial charge in [-0.2, -0.15) is 0 Å². The molecule has 0 aliphatic heterocycles. The lowest BCUT2D eigenvalue weighted by Gasteiger charge is -2.07. The van der Waals surface area contributed by atoms with E-state index in [-0.39, 0.29) is 6.04 Å². The highest BCUT2D eigenvalue weighted by Crippen LogP contribution is 2.13. The van der Waals surface area contributed by atoms with Crippen molar-refractivity contribution >= 4 is 0 Å². The predicted octanol–water partition coefficient (Wildman–Crippen LogP) is 3.07. The Kier molecular flexibility index (Phi) is 4.56. The minimum Gasteiger partial charge on any atom is -0.356 e. The number of nitrogens with two attached hydrogens (primary N) is 1. The number of hydrogen-bond donors (Lipinski definition) is 1. The van der Waals surface area contributed by atoms with E-state index >= 15 is 0 Å². The molecule has 0 aliphatic carbocycles. The van der Waals surface area contributed by atoms with Gasteiger partial charge in [0, 0.05) is 18.4 Å². The molecule has 96 valence electrons. The summed E-state index contributed by atoms with van der Waals surface area (Å²) < 4.78 is 7.68. The van der Waals surface area contributed by atoms with Crippen LogP contribution in [-0.4, -0.2) is 4.57 Å². The lowest BCUT2D eigenvalue weighted by Crippen LogP contribution is -2.07. The molecule has 1 heterocycles. The molecule has 18 heavy (non-hydrogen) atoms. The molecular formula is C15H20N2O. The first-order valence-corrected chi connectivity index (χ1v) is 6.32. The summed E-state index contributed by atoms with van der Waals surface area (Å²) >= 11 is 0. The molecule has 1 aromatic carbocycles. The van der Waals surface area contributed by atoms with Crippen molar-refractivity contribution < 1.29 is 4.74 Å². The average Bonchev–Trinajstić information content (AvgIpc) is 2.88. The fourth-order valence-corrected chi connectivity index (χ4v) is 1.84. The van der Waals surface area contributed by atoms with Gasteiger partial charge in [0.2, 0.25) is 0 Å². The first kappa shape index (κ1) is 12.9. The van der Waals surface area contributed by atoms with E-state index in [1.807, 2.05) is 29.0 Å². The van der Waals surface area contributed by atoms with Crippen LogP contribution < -0.4 is 5.73 Å². The third-order valence-corrected chi connectivity index (χ3v) is 2.99. The topological polar surface area (TPSA) is 40.2 Å². The maximum absolute atomic E-state index is 5.97. The number of nitrogens with zero attached hydrogens (tertiary/aromatic N) is 1. The van der Waals surface area contributed by atoms with Crippen molar-refractivity contribution in [2.45, 2.75) is 32.7 Å². The zero-order valence-electron chi connectivity index (χ0n) is 10.8. The van der Waals surface area contributed by atoms with E-state index in [0.29, 0.717) is 13.3 Å². The van der Waals surface area contributed by atoms with Crippen LogP contribution in [0.2, 0.25) is 0 Å². The molecule has 3 nitrogen and oxygen atoms in total. The van der Waals surface area contributed by atoms with Crippen LogP contribution in [0, 0.1) is 0 Å². The van der Waals surface area contributed by atoms with Crippen molar-refractivity contribution in [2.24, 2.45) is 5.73 Å². The Bertz CT molecular complexity index is 464. The average molecular weight is 244 g/mol. The fourth-order valence-electron chi connectivity index (χ4n) is 1.84. The third-order valence-electron chi connectivity index (χ3n) is 2.99. The molecule has 0 saturated heterocycles. The Hall–Kier alpha value is -1.58. The number of hydrogen-bond acceptors (Lipinski definition) is 2. The van der Waals surface area contributed by atoms with Crippen molar-refractivity contribution in [3.63, 3.8) is 0 Å². The van der Waals surface area contributed by atoms with Crippen molar-refractivity contribution in [3.05, 3.63) is 59.9 Å². The molecule has 0 fully saturated rings. The van der Waals surface area contributed by atoms with Crippen LogP contribution in [0.3, 0.4) is 0 Å². The van der Waals surface area contributed by atoms with E-state index in [9.17, 15) is 0 Å². The summed E-state index contributed by atoms with van der Waals surface area (Å²) in [6.07, 6.45) is 5.02. The number of aromatic nitrogens is 1. The number of ether oxygens (including phenoxy) is 1. The lowest BCUT2D eigenvalue weighted by atomic mass is 10.1. The Morgan fingerprint density at radius 2 is 2.00 bits per heavy atom. The largest absolute Gasteiger partial charge is 0.356 e. The molecule has 3 heteroatoms. The standard InChI is InChI=1S/C15H20N2O/c1-2-15(16)14-8-9-17(10-14)12-18-11-13-6-4-3-5-7-13/h3-10,15H,2,11-12,16H2,1H3. The van der Waals surface area contributed by atoms with Gasteiger partial charge in [-0.1, -0.05) is 37.3 Å². The molecule has 1 unspecified atom stereocenters. The SMILES string of the molecule is CCC(N)c1ccn(COCc2ccccc2)c1. The Morgan fingerprint density at radius 3 is 2.72 bits per heavy atom. The zero-order valence-corrected chi connectivity index (χ0v) is 10.8. The minimum absolute atomic E-state index is 0.125. The Morgan fingerprint density at radius 1 is 1.22 bits per heavy atom. The smallest absolute Gasteiger partial charge is 0.122 e. The Balaban J connectivity index is 1.82. The van der Waals surface area contributed by atoms with E-state index in [1.54, 1.807) is 0 Å². The molecule has 2 rings (SSSR count). The molecule has 0 amide bonds. The van der Waals surface area contributed by atoms with E-state index in [2.05, 4.69) is 31.3 Å². The molecule has 0 bridgehead atoms. The maximum atomic E-state index is 5.97. The third kappa shape index (κ3) is 3.45. The molecule has 2 aromatic rings. The van der Waals surface area contributed by atoms with Crippen LogP contribution in [0.15, 0.2) is 48.8 Å². The second-order valence-electron chi connectivity index (χ2n) is 4.44. The normalized spacial score (nSPS) is 12.6. The quantitative estimate of drug-likeness (QED) is 0.848. The van der Waals surface area contributed by atoms with Gasteiger partial charge in [-0.3, -0.25) is 0 Å². The molecule has 1 atom stereocenters. The van der Waals surface area contributed by atoms with Gasteiger partial charge in [0.15, 0.2) is 0 Å². The second-order valence-corrected chi connectivity index (χ2v) is 4.44. The molecule has 0 radical (unpaired) electrons. The summed E-state index contributed by atoms with van der Waals surface area (Å²) in [7, 11) is 0. The highest BCUT2D eigenvalue weighted by atomic mass is 16.5. The highest BCUT2D eigenvalue weighted by molar-refractivity contribution is 5.15. The van der Waals surface area contributed by atoms with E-state index in [4.69, 9.17) is 10.5 Å². The summed E-state index contributed by atoms with van der Waals surface area (Å²) in [5, 5.41) is 0. The molecule has 1 aromatic heterocycles. The summed E-state index contributed by atoms with van der Waals surface area (Å²) in [6, 6.07) is 12.4. The van der Waals surface area contributed by atoms with Gasteiger partial charge in [-0.25, -0.2) is 0 Å². The molecule has 2 N–H and O–H groups in total. The van der Waals surface area contributed by atoms with Gasteiger partial charge in [-0.15, -0.1) is 0 Å². The lowest BCUT2D eigenvalue weighted by molar-refractivity contribution is 0.0641. The first-order valence-electron chi connectivity index (χ1n) is 6.32. The van der Waals surface area contributed by atoms with Crippen molar-refractivity contribution in [2.75, 3.05) is 0 Å². The summed E-state index contributed by atoms with van der Waals surface area (Å²) in [5.74, 6) is 0. The van der Waals surface area contributed by atoms with E-state index in [0.717, 1.165) is 6.42 Å². The molecule has 0 spiro atoms. The summed E-state index contributed by atoms with van der Waals surface area (Å²) in [4.78, 5) is 0. The van der Waals surface area contributed by atoms with Crippen LogP contribution in [0.4, 0.5) is 0 Å². The summed E-state index contributed by atoms with van der Waals surface area (Å²) in [5.41, 5.74) is 8.33. The number of benzene rings is 1. The molecule has 0 saturated carbocycles. The van der Waals surface area contributed by atoms with Gasteiger partial charge >= 0.3 is 0 Å². The molecule has 0 aliphatic rings. The van der Waals surface area contributed by atoms with Crippen molar-refractivity contribution in [1.82, 2.24) is 4.57 Å². The Labute approximate surface area is 108 Å². The van der Waals surface area contributed by atoms with Crippen LogP contribution in [0.25, 0.3) is 0 Å². The maximum Gasteiger partial charge on any atom is 0.122 e.